The molecule has 1 unspecified atom stereocenters. The first-order chi connectivity index (χ1) is 19.9. The van der Waals surface area contributed by atoms with Gasteiger partial charge in [-0.15, -0.1) is 0 Å². The predicted octanol–water partition coefficient (Wildman–Crippen LogP) is 4.31. The summed E-state index contributed by atoms with van der Waals surface area (Å²) in [6.07, 6.45) is 8.65. The molecular weight excluding hydrogens is 514 g/mol. The Labute approximate surface area is 239 Å². The van der Waals surface area contributed by atoms with Crippen LogP contribution in [0.4, 0.5) is 11.5 Å². The fraction of sp³-hybridized carbons (Fsp3) is 0.312. The Morgan fingerprint density at radius 2 is 2.02 bits per heavy atom. The molecule has 2 aromatic heterocycles. The highest BCUT2D eigenvalue weighted by molar-refractivity contribution is 5.94. The normalized spacial score (nSPS) is 17.2. The monoisotopic (exact) mass is 545 g/mol. The lowest BCUT2D eigenvalue weighted by Crippen LogP contribution is -2.35. The second kappa shape index (κ2) is 11.0. The van der Waals surface area contributed by atoms with E-state index in [4.69, 9.17) is 4.74 Å². The quantitative estimate of drug-likeness (QED) is 0.361. The zero-order chi connectivity index (χ0) is 28.4. The van der Waals surface area contributed by atoms with Gasteiger partial charge in [0.25, 0.3) is 5.91 Å². The van der Waals surface area contributed by atoms with E-state index >= 15 is 0 Å². The minimum Gasteiger partial charge on any atom is -0.457 e. The summed E-state index contributed by atoms with van der Waals surface area (Å²) in [5.74, 6) is 14.1. The predicted molar refractivity (Wildman–Crippen MR) is 158 cm³/mol. The molecule has 1 aliphatic carbocycles. The number of nitrogens with zero attached hydrogens (tertiary/aromatic N) is 5. The number of carbonyl (C=O) groups is 1. The Kier molecular flexibility index (Phi) is 7.05. The van der Waals surface area contributed by atoms with Crippen molar-refractivity contribution in [3.8, 4) is 35.2 Å². The lowest BCUT2D eigenvalue weighted by Gasteiger charge is -2.13. The van der Waals surface area contributed by atoms with Crippen LogP contribution in [0.2, 0.25) is 0 Å². The first-order valence-electron chi connectivity index (χ1n) is 13.7. The van der Waals surface area contributed by atoms with E-state index < -0.39 is 5.54 Å². The molecule has 9 heteroatoms. The van der Waals surface area contributed by atoms with Crippen LogP contribution in [-0.4, -0.2) is 55.5 Å². The van der Waals surface area contributed by atoms with Crippen LogP contribution in [0, 0.1) is 30.6 Å². The van der Waals surface area contributed by atoms with Crippen molar-refractivity contribution in [3.05, 3.63) is 66.4 Å². The molecule has 2 aromatic carbocycles. The number of likely N-dealkylation sites (tertiary alicyclic amines) is 1. The lowest BCUT2D eigenvalue weighted by molar-refractivity contribution is -0.116. The van der Waals surface area contributed by atoms with Gasteiger partial charge in [-0.2, -0.15) is 0 Å². The van der Waals surface area contributed by atoms with Gasteiger partial charge in [-0.3, -0.25) is 9.69 Å². The van der Waals surface area contributed by atoms with Crippen LogP contribution in [0.25, 0.3) is 11.0 Å². The summed E-state index contributed by atoms with van der Waals surface area (Å²) in [6, 6.07) is 11.9. The zero-order valence-corrected chi connectivity index (χ0v) is 23.4. The Morgan fingerprint density at radius 3 is 2.80 bits per heavy atom. The summed E-state index contributed by atoms with van der Waals surface area (Å²) in [7, 11) is 4.01. The average Bonchev–Trinajstić information content (AvgIpc) is 3.44. The number of ether oxygens (including phenoxy) is 1. The minimum atomic E-state index is -0.547. The molecule has 206 valence electrons. The summed E-state index contributed by atoms with van der Waals surface area (Å²) < 4.78 is 8.12. The zero-order valence-electron chi connectivity index (χ0n) is 23.4. The van der Waals surface area contributed by atoms with Crippen molar-refractivity contribution in [2.45, 2.75) is 44.2 Å². The molecule has 2 fully saturated rings. The molecule has 1 amide bonds. The van der Waals surface area contributed by atoms with Crippen LogP contribution in [0.3, 0.4) is 0 Å². The molecule has 1 saturated carbocycles. The number of fused-ring (bicyclic) bond motifs is 1. The fourth-order valence-electron chi connectivity index (χ4n) is 4.89. The molecule has 0 spiro atoms. The number of carbonyl (C=O) groups excluding carboxylic acids is 1. The van der Waals surface area contributed by atoms with Crippen LogP contribution < -0.4 is 15.4 Å². The van der Waals surface area contributed by atoms with Crippen molar-refractivity contribution < 1.29 is 9.53 Å². The molecule has 9 nitrogen and oxygen atoms in total. The summed E-state index contributed by atoms with van der Waals surface area (Å²) in [6.45, 7) is 3.01. The van der Waals surface area contributed by atoms with E-state index in [1.807, 2.05) is 62.0 Å². The third-order valence-corrected chi connectivity index (χ3v) is 7.49. The van der Waals surface area contributed by atoms with Gasteiger partial charge < -0.3 is 19.9 Å². The fourth-order valence-corrected chi connectivity index (χ4v) is 4.89. The average molecular weight is 546 g/mol. The Morgan fingerprint density at radius 1 is 1.15 bits per heavy atom. The van der Waals surface area contributed by atoms with E-state index in [9.17, 15) is 4.79 Å². The van der Waals surface area contributed by atoms with E-state index in [1.165, 1.54) is 6.33 Å². The molecule has 2 N–H and O–H groups in total. The van der Waals surface area contributed by atoms with Crippen LogP contribution in [0.1, 0.15) is 36.8 Å². The smallest absolute Gasteiger partial charge is 0.297 e. The van der Waals surface area contributed by atoms with E-state index in [0.717, 1.165) is 66.0 Å². The number of aryl methyl sites for hydroxylation is 2. The highest BCUT2D eigenvalue weighted by Crippen LogP contribution is 2.35. The second-order valence-electron chi connectivity index (χ2n) is 10.7. The van der Waals surface area contributed by atoms with Crippen molar-refractivity contribution in [1.82, 2.24) is 29.7 Å². The van der Waals surface area contributed by atoms with Gasteiger partial charge in [-0.1, -0.05) is 17.8 Å². The molecule has 4 aromatic rings. The van der Waals surface area contributed by atoms with Gasteiger partial charge in [0.1, 0.15) is 29.2 Å². The summed E-state index contributed by atoms with van der Waals surface area (Å²) in [4.78, 5) is 27.6. The molecule has 1 atom stereocenters. The van der Waals surface area contributed by atoms with E-state index in [2.05, 4.69) is 54.2 Å². The molecule has 41 heavy (non-hydrogen) atoms. The second-order valence-corrected chi connectivity index (χ2v) is 10.7. The Balaban J connectivity index is 1.13. The maximum atomic E-state index is 12.5. The number of benzene rings is 2. The molecule has 1 saturated heterocycles. The minimum absolute atomic E-state index is 0.150. The van der Waals surface area contributed by atoms with Crippen LogP contribution in [0.15, 0.2) is 55.2 Å². The number of hydrogen-bond donors (Lipinski definition) is 2. The van der Waals surface area contributed by atoms with Crippen molar-refractivity contribution in [2.24, 2.45) is 7.05 Å². The number of anilines is 2. The molecule has 3 heterocycles. The molecule has 6 rings (SSSR count). The topological polar surface area (TPSA) is 97.2 Å². The van der Waals surface area contributed by atoms with E-state index in [-0.39, 0.29) is 11.9 Å². The molecule has 0 bridgehead atoms. The Bertz CT molecular complexity index is 1750. The molecule has 0 radical (unpaired) electrons. The van der Waals surface area contributed by atoms with Gasteiger partial charge in [0.05, 0.1) is 29.0 Å². The van der Waals surface area contributed by atoms with Gasteiger partial charge >= 0.3 is 0 Å². The summed E-state index contributed by atoms with van der Waals surface area (Å²) in [5.41, 5.74) is 3.84. The maximum Gasteiger partial charge on any atom is 0.297 e. The van der Waals surface area contributed by atoms with Crippen LogP contribution in [-0.2, 0) is 11.8 Å². The van der Waals surface area contributed by atoms with Crippen LogP contribution in [0.5, 0.6) is 11.5 Å². The number of rotatable bonds is 5. The van der Waals surface area contributed by atoms with Gasteiger partial charge in [0, 0.05) is 25.0 Å². The number of nitrogens with one attached hydrogen (secondary N) is 2. The van der Waals surface area contributed by atoms with Crippen LogP contribution >= 0.6 is 0 Å². The van der Waals surface area contributed by atoms with Crippen molar-refractivity contribution in [2.75, 3.05) is 18.9 Å². The Hall–Kier alpha value is -4.86. The largest absolute Gasteiger partial charge is 0.457 e. The van der Waals surface area contributed by atoms with Crippen molar-refractivity contribution in [1.29, 1.82) is 0 Å². The maximum absolute atomic E-state index is 12.5. The first-order valence-corrected chi connectivity index (χ1v) is 13.7. The molecule has 2 aliphatic rings. The van der Waals surface area contributed by atoms with E-state index in [1.54, 1.807) is 12.5 Å². The standard InChI is InChI=1S/C32H31N7O2/c1-22-17-24(6-10-29(22)41-26-8-9-28-27(18-26)35-21-39(28)3)36-31-23(19-33-20-34-31)12-13-32(14-15-32)37-30(40)11-7-25-5-4-16-38(25)2/h6,8-10,17-21,25H,4-5,14-16H2,1-3H3,(H,37,40)(H,33,34,36). The summed E-state index contributed by atoms with van der Waals surface area (Å²) >= 11 is 0. The van der Waals surface area contributed by atoms with Gasteiger partial charge in [-0.25, -0.2) is 15.0 Å². The SMILES string of the molecule is Cc1cc(Nc2ncncc2C#CC2(NC(=O)C#CC3CCCN3C)CC2)ccc1Oc1ccc2c(c1)ncn2C. The van der Waals surface area contributed by atoms with Crippen molar-refractivity contribution in [3.63, 3.8) is 0 Å². The summed E-state index contributed by atoms with van der Waals surface area (Å²) in [5, 5.41) is 6.35. The number of hydrogen-bond acceptors (Lipinski definition) is 7. The number of amides is 1. The lowest BCUT2D eigenvalue weighted by atomic mass is 10.2. The first kappa shape index (κ1) is 26.4. The van der Waals surface area contributed by atoms with Gasteiger partial charge in [0.15, 0.2) is 0 Å². The third kappa shape index (κ3) is 6.01. The van der Waals surface area contributed by atoms with E-state index in [0.29, 0.717) is 11.4 Å². The highest BCUT2D eigenvalue weighted by atomic mass is 16.5. The molecular formula is C32H31N7O2. The van der Waals surface area contributed by atoms with Gasteiger partial charge in [0.2, 0.25) is 0 Å². The number of imidazole rings is 1. The third-order valence-electron chi connectivity index (χ3n) is 7.49. The highest BCUT2D eigenvalue weighted by Gasteiger charge is 2.42. The van der Waals surface area contributed by atoms with Crippen molar-refractivity contribution >= 4 is 28.4 Å². The van der Waals surface area contributed by atoms with Gasteiger partial charge in [-0.05, 0) is 88.0 Å². The number of aromatic nitrogens is 4. The molecule has 1 aliphatic heterocycles.